The Balaban J connectivity index is 1.42. The molecule has 3 aromatic rings. The molecule has 1 aliphatic rings. The van der Waals surface area contributed by atoms with Gasteiger partial charge in [0.1, 0.15) is 6.54 Å². The maximum Gasteiger partial charge on any atom is 0.267 e. The number of nitrogens with zero attached hydrogens (tertiary/aromatic N) is 3. The Labute approximate surface area is 178 Å². The number of hydrogen-bond acceptors (Lipinski definition) is 7. The van der Waals surface area contributed by atoms with Crippen LogP contribution in [0.3, 0.4) is 0 Å². The molecule has 0 atom stereocenters. The molecule has 1 amide bonds. The zero-order valence-corrected chi connectivity index (χ0v) is 17.8. The predicted octanol–water partition coefficient (Wildman–Crippen LogP) is 2.17. The fourth-order valence-electron chi connectivity index (χ4n) is 2.92. The number of sulfonamides is 1. The van der Waals surface area contributed by atoms with Gasteiger partial charge >= 0.3 is 0 Å². The van der Waals surface area contributed by atoms with E-state index in [9.17, 15) is 18.0 Å². The molecule has 10 nitrogen and oxygen atoms in total. The Hall–Kier alpha value is -3.47. The van der Waals surface area contributed by atoms with Crippen molar-refractivity contribution in [3.05, 3.63) is 63.7 Å². The first-order chi connectivity index (χ1) is 14.7. The van der Waals surface area contributed by atoms with Gasteiger partial charge in [0.25, 0.3) is 15.6 Å². The molecule has 0 saturated heterocycles. The molecule has 1 aromatic carbocycles. The standard InChI is InChI=1S/C20H21N5O5S/c1-12-13(2)23-30-20(12)24-31(28,29)16-7-5-15(6-8-16)21-18(26)11-25-19(27)10-9-17(22-25)14-3-4-14/h5-10,14,24H,3-4,11H2,1-2H3,(H,21,26). The molecule has 0 bridgehead atoms. The lowest BCUT2D eigenvalue weighted by Crippen LogP contribution is -2.29. The number of aromatic nitrogens is 3. The SMILES string of the molecule is Cc1noc(NS(=O)(=O)c2ccc(NC(=O)Cn3nc(C4CC4)ccc3=O)cc2)c1C. The molecule has 0 radical (unpaired) electrons. The zero-order valence-electron chi connectivity index (χ0n) is 17.0. The van der Waals surface area contributed by atoms with Crippen LogP contribution in [0.2, 0.25) is 0 Å². The summed E-state index contributed by atoms with van der Waals surface area (Å²) in [6, 6.07) is 8.74. The van der Waals surface area contributed by atoms with Crippen molar-refractivity contribution in [2.45, 2.75) is 44.0 Å². The van der Waals surface area contributed by atoms with Crippen molar-refractivity contribution in [1.82, 2.24) is 14.9 Å². The number of aryl methyl sites for hydroxylation is 1. The molecule has 31 heavy (non-hydrogen) atoms. The highest BCUT2D eigenvalue weighted by Crippen LogP contribution is 2.38. The smallest absolute Gasteiger partial charge is 0.267 e. The van der Waals surface area contributed by atoms with Crippen molar-refractivity contribution in [3.63, 3.8) is 0 Å². The number of amides is 1. The van der Waals surface area contributed by atoms with Gasteiger partial charge < -0.3 is 9.84 Å². The first kappa shape index (κ1) is 20.8. The normalized spacial score (nSPS) is 13.7. The zero-order chi connectivity index (χ0) is 22.2. The monoisotopic (exact) mass is 443 g/mol. The number of anilines is 2. The Morgan fingerprint density at radius 1 is 1.16 bits per heavy atom. The first-order valence-corrected chi connectivity index (χ1v) is 11.1. The van der Waals surface area contributed by atoms with Gasteiger partial charge in [-0.3, -0.25) is 9.59 Å². The van der Waals surface area contributed by atoms with Crippen molar-refractivity contribution in [2.24, 2.45) is 0 Å². The van der Waals surface area contributed by atoms with Crippen LogP contribution in [-0.4, -0.2) is 29.3 Å². The third kappa shape index (κ3) is 4.66. The average molecular weight is 443 g/mol. The van der Waals surface area contributed by atoms with Gasteiger partial charge in [-0.25, -0.2) is 17.8 Å². The molecule has 11 heteroatoms. The lowest BCUT2D eigenvalue weighted by Gasteiger charge is -2.09. The van der Waals surface area contributed by atoms with E-state index in [1.807, 2.05) is 0 Å². The van der Waals surface area contributed by atoms with E-state index in [1.54, 1.807) is 19.9 Å². The third-order valence-corrected chi connectivity index (χ3v) is 6.36. The van der Waals surface area contributed by atoms with E-state index in [0.717, 1.165) is 23.2 Å². The third-order valence-electron chi connectivity index (χ3n) is 5.01. The minimum absolute atomic E-state index is 0.00558. The Morgan fingerprint density at radius 3 is 2.48 bits per heavy atom. The van der Waals surface area contributed by atoms with Crippen molar-refractivity contribution in [1.29, 1.82) is 0 Å². The molecule has 0 spiro atoms. The molecule has 1 saturated carbocycles. The summed E-state index contributed by atoms with van der Waals surface area (Å²) in [6.07, 6.45) is 2.08. The number of nitrogens with one attached hydrogen (secondary N) is 2. The molecule has 0 aliphatic heterocycles. The van der Waals surface area contributed by atoms with E-state index in [-0.39, 0.29) is 22.9 Å². The van der Waals surface area contributed by atoms with E-state index >= 15 is 0 Å². The summed E-state index contributed by atoms with van der Waals surface area (Å²) in [5.74, 6) is -0.0204. The molecule has 2 heterocycles. The molecule has 2 aromatic heterocycles. The lowest BCUT2D eigenvalue weighted by atomic mass is 10.3. The summed E-state index contributed by atoms with van der Waals surface area (Å²) < 4.78 is 33.5. The van der Waals surface area contributed by atoms with E-state index in [0.29, 0.717) is 22.9 Å². The second-order valence-electron chi connectivity index (χ2n) is 7.43. The van der Waals surface area contributed by atoms with Crippen LogP contribution in [0.15, 0.2) is 50.6 Å². The van der Waals surface area contributed by atoms with Crippen molar-refractivity contribution in [3.8, 4) is 0 Å². The highest BCUT2D eigenvalue weighted by molar-refractivity contribution is 7.92. The molecule has 0 unspecified atom stereocenters. The highest BCUT2D eigenvalue weighted by Gasteiger charge is 2.25. The fourth-order valence-corrected chi connectivity index (χ4v) is 3.97. The molecule has 162 valence electrons. The van der Waals surface area contributed by atoms with E-state index in [1.165, 1.54) is 30.3 Å². The summed E-state index contributed by atoms with van der Waals surface area (Å²) in [4.78, 5) is 24.3. The number of carbonyl (C=O) groups excluding carboxylic acids is 1. The largest absolute Gasteiger partial charge is 0.337 e. The summed E-state index contributed by atoms with van der Waals surface area (Å²) in [5, 5.41) is 10.6. The van der Waals surface area contributed by atoms with Gasteiger partial charge in [0.05, 0.1) is 16.3 Å². The van der Waals surface area contributed by atoms with Gasteiger partial charge in [-0.1, -0.05) is 5.16 Å². The van der Waals surface area contributed by atoms with Crippen molar-refractivity contribution in [2.75, 3.05) is 10.0 Å². The summed E-state index contributed by atoms with van der Waals surface area (Å²) >= 11 is 0. The predicted molar refractivity (Wildman–Crippen MR) is 112 cm³/mol. The van der Waals surface area contributed by atoms with Gasteiger partial charge in [0.2, 0.25) is 11.8 Å². The average Bonchev–Trinajstić information content (AvgIpc) is 3.53. The van der Waals surface area contributed by atoms with E-state index in [4.69, 9.17) is 4.52 Å². The topological polar surface area (TPSA) is 136 Å². The molecular formula is C20H21N5O5S. The summed E-state index contributed by atoms with van der Waals surface area (Å²) in [5.41, 5.74) is 2.03. The molecule has 4 rings (SSSR count). The Kier molecular flexibility index (Phi) is 5.36. The second kappa shape index (κ2) is 7.99. The van der Waals surface area contributed by atoms with Crippen LogP contribution >= 0.6 is 0 Å². The highest BCUT2D eigenvalue weighted by atomic mass is 32.2. The van der Waals surface area contributed by atoms with Gasteiger partial charge in [-0.15, -0.1) is 0 Å². The van der Waals surface area contributed by atoms with Crippen molar-refractivity contribution >= 4 is 27.5 Å². The number of benzene rings is 1. The Bertz CT molecular complexity index is 1290. The molecule has 2 N–H and O–H groups in total. The van der Waals surface area contributed by atoms with Crippen molar-refractivity contribution < 1.29 is 17.7 Å². The second-order valence-corrected chi connectivity index (χ2v) is 9.11. The van der Waals surface area contributed by atoms with Crippen LogP contribution < -0.4 is 15.6 Å². The number of carbonyl (C=O) groups is 1. The fraction of sp³-hybridized carbons (Fsp3) is 0.300. The van der Waals surface area contributed by atoms with Crippen LogP contribution in [-0.2, 0) is 21.4 Å². The van der Waals surface area contributed by atoms with Gasteiger partial charge in [0.15, 0.2) is 0 Å². The maximum atomic E-state index is 12.5. The van der Waals surface area contributed by atoms with Gasteiger partial charge in [0, 0.05) is 23.2 Å². The summed E-state index contributed by atoms with van der Waals surface area (Å²) in [7, 11) is -3.88. The molecular weight excluding hydrogens is 422 g/mol. The quantitative estimate of drug-likeness (QED) is 0.571. The van der Waals surface area contributed by atoms with Gasteiger partial charge in [-0.2, -0.15) is 5.10 Å². The van der Waals surface area contributed by atoms with Crippen LogP contribution in [0.25, 0.3) is 0 Å². The minimum atomic E-state index is -3.88. The number of rotatable bonds is 7. The maximum absolute atomic E-state index is 12.5. The minimum Gasteiger partial charge on any atom is -0.337 e. The Morgan fingerprint density at radius 2 is 1.87 bits per heavy atom. The van der Waals surface area contributed by atoms with E-state index < -0.39 is 15.9 Å². The van der Waals surface area contributed by atoms with Crippen LogP contribution in [0.5, 0.6) is 0 Å². The number of hydrogen-bond donors (Lipinski definition) is 2. The van der Waals surface area contributed by atoms with Crippen LogP contribution in [0.4, 0.5) is 11.6 Å². The van der Waals surface area contributed by atoms with Crippen LogP contribution in [0, 0.1) is 13.8 Å². The molecule has 1 aliphatic carbocycles. The molecule has 1 fully saturated rings. The summed E-state index contributed by atoms with van der Waals surface area (Å²) in [6.45, 7) is 3.17. The van der Waals surface area contributed by atoms with Crippen LogP contribution in [0.1, 0.15) is 35.7 Å². The first-order valence-electron chi connectivity index (χ1n) is 9.66. The lowest BCUT2D eigenvalue weighted by molar-refractivity contribution is -0.117. The van der Waals surface area contributed by atoms with E-state index in [2.05, 4.69) is 20.3 Å². The van der Waals surface area contributed by atoms with Gasteiger partial charge in [-0.05, 0) is 57.0 Å².